The lowest BCUT2D eigenvalue weighted by molar-refractivity contribution is 0.593. The summed E-state index contributed by atoms with van der Waals surface area (Å²) in [5.41, 5.74) is 0.818. The van der Waals surface area contributed by atoms with Gasteiger partial charge in [-0.15, -0.1) is 0 Å². The Morgan fingerprint density at radius 1 is 0.909 bits per heavy atom. The molecular weight excluding hydrogens is 341 g/mol. The second-order valence-electron chi connectivity index (χ2n) is 5.20. The van der Waals surface area contributed by atoms with Gasteiger partial charge < -0.3 is 0 Å². The summed E-state index contributed by atoms with van der Waals surface area (Å²) < 4.78 is 25.4. The van der Waals surface area contributed by atoms with Crippen molar-refractivity contribution in [1.29, 1.82) is 5.26 Å². The first kappa shape index (κ1) is 15.4. The van der Waals surface area contributed by atoms with Gasteiger partial charge in [-0.1, -0.05) is 35.3 Å². The second kappa shape index (κ2) is 5.58. The van der Waals surface area contributed by atoms with E-state index < -0.39 is 21.0 Å². The lowest BCUT2D eigenvalue weighted by Crippen LogP contribution is -2.10. The summed E-state index contributed by atoms with van der Waals surface area (Å²) >= 11 is 11.6. The molecule has 112 valence electrons. The molecule has 1 aliphatic rings. The van der Waals surface area contributed by atoms with E-state index in [4.69, 9.17) is 23.2 Å². The van der Waals surface area contributed by atoms with Crippen LogP contribution in [0.5, 0.6) is 0 Å². The van der Waals surface area contributed by atoms with Crippen LogP contribution in [0, 0.1) is 17.2 Å². The van der Waals surface area contributed by atoms with E-state index in [0.717, 1.165) is 5.56 Å². The van der Waals surface area contributed by atoms with E-state index in [9.17, 15) is 13.7 Å². The fourth-order valence-electron chi connectivity index (χ4n) is 2.69. The third-order valence-electron chi connectivity index (χ3n) is 3.86. The minimum atomic E-state index is -3.57. The first-order chi connectivity index (χ1) is 10.4. The molecule has 0 N–H and O–H groups in total. The number of sulfone groups is 1. The fraction of sp³-hybridized carbons (Fsp3) is 0.188. The van der Waals surface area contributed by atoms with Gasteiger partial charge in [-0.2, -0.15) is 5.26 Å². The highest BCUT2D eigenvalue weighted by Crippen LogP contribution is 2.53. The van der Waals surface area contributed by atoms with Crippen LogP contribution in [-0.2, 0) is 9.84 Å². The van der Waals surface area contributed by atoms with Crippen molar-refractivity contribution in [2.24, 2.45) is 5.92 Å². The lowest BCUT2D eigenvalue weighted by Gasteiger charge is -2.04. The van der Waals surface area contributed by atoms with Crippen LogP contribution in [0.25, 0.3) is 0 Å². The monoisotopic (exact) mass is 351 g/mol. The molecule has 0 amide bonds. The highest BCUT2D eigenvalue weighted by Gasteiger charge is 2.59. The minimum absolute atomic E-state index is 0.193. The number of nitriles is 1. The molecule has 6 heteroatoms. The molecule has 1 saturated carbocycles. The highest BCUT2D eigenvalue weighted by molar-refractivity contribution is 7.92. The third-order valence-corrected chi connectivity index (χ3v) is 6.59. The predicted molar refractivity (Wildman–Crippen MR) is 85.7 cm³/mol. The SMILES string of the molecule is N#C[C@@H]1[C@H](c2ccc(Cl)cc2)[C@H]1S(=O)(=O)c1ccc(Cl)cc1. The first-order valence-corrected chi connectivity index (χ1v) is 8.90. The van der Waals surface area contributed by atoms with Gasteiger partial charge in [-0.3, -0.25) is 0 Å². The first-order valence-electron chi connectivity index (χ1n) is 6.59. The van der Waals surface area contributed by atoms with Crippen molar-refractivity contribution >= 4 is 33.0 Å². The van der Waals surface area contributed by atoms with Crippen LogP contribution in [-0.4, -0.2) is 13.7 Å². The van der Waals surface area contributed by atoms with Crippen molar-refractivity contribution in [2.45, 2.75) is 16.1 Å². The molecule has 2 aromatic carbocycles. The van der Waals surface area contributed by atoms with E-state index in [0.29, 0.717) is 10.0 Å². The molecule has 0 spiro atoms. The number of hydrogen-bond acceptors (Lipinski definition) is 3. The van der Waals surface area contributed by atoms with Crippen molar-refractivity contribution in [2.75, 3.05) is 0 Å². The van der Waals surface area contributed by atoms with Gasteiger partial charge in [-0.05, 0) is 42.0 Å². The number of halogens is 2. The van der Waals surface area contributed by atoms with E-state index in [2.05, 4.69) is 6.07 Å². The van der Waals surface area contributed by atoms with Crippen LogP contribution in [0.3, 0.4) is 0 Å². The summed E-state index contributed by atoms with van der Waals surface area (Å²) in [4.78, 5) is 0.193. The molecule has 0 aliphatic heterocycles. The fourth-order valence-corrected chi connectivity index (χ4v) is 5.01. The Morgan fingerprint density at radius 3 is 1.91 bits per heavy atom. The molecular formula is C16H11Cl2NO2S. The summed E-state index contributed by atoms with van der Waals surface area (Å²) in [5.74, 6) is -0.857. The van der Waals surface area contributed by atoms with E-state index in [-0.39, 0.29) is 10.8 Å². The molecule has 0 bridgehead atoms. The zero-order valence-corrected chi connectivity index (χ0v) is 13.6. The summed E-state index contributed by atoms with van der Waals surface area (Å²) in [6, 6.07) is 15.1. The predicted octanol–water partition coefficient (Wildman–Crippen LogP) is 4.07. The minimum Gasteiger partial charge on any atom is -0.223 e. The Hall–Kier alpha value is -1.54. The summed E-state index contributed by atoms with van der Waals surface area (Å²) in [7, 11) is -3.57. The van der Waals surface area contributed by atoms with E-state index in [1.165, 1.54) is 24.3 Å². The van der Waals surface area contributed by atoms with E-state index in [1.54, 1.807) is 24.3 Å². The maximum Gasteiger partial charge on any atom is 0.183 e. The standard InChI is InChI=1S/C16H11Cl2NO2S/c17-11-3-1-10(2-4-11)15-14(9-19)16(15)22(20,21)13-7-5-12(18)6-8-13/h1-8,14-16H/t14-,15+,16+/m1/s1. The Labute approximate surface area is 139 Å². The van der Waals surface area contributed by atoms with Gasteiger partial charge in [0, 0.05) is 16.0 Å². The molecule has 0 radical (unpaired) electrons. The second-order valence-corrected chi connectivity index (χ2v) is 8.17. The quantitative estimate of drug-likeness (QED) is 0.837. The Bertz CT molecular complexity index is 839. The molecule has 0 heterocycles. The third kappa shape index (κ3) is 2.61. The molecule has 22 heavy (non-hydrogen) atoms. The number of rotatable bonds is 3. The van der Waals surface area contributed by atoms with Crippen molar-refractivity contribution in [3.8, 4) is 6.07 Å². The van der Waals surface area contributed by atoms with Gasteiger partial charge >= 0.3 is 0 Å². The average molecular weight is 352 g/mol. The van der Waals surface area contributed by atoms with Gasteiger partial charge in [0.25, 0.3) is 0 Å². The maximum absolute atomic E-state index is 12.7. The number of hydrogen-bond donors (Lipinski definition) is 0. The summed E-state index contributed by atoms with van der Waals surface area (Å²) in [6.45, 7) is 0. The summed E-state index contributed by atoms with van der Waals surface area (Å²) in [6.07, 6.45) is 0. The van der Waals surface area contributed by atoms with E-state index in [1.807, 2.05) is 0 Å². The summed E-state index contributed by atoms with van der Waals surface area (Å²) in [5, 5.41) is 9.58. The highest BCUT2D eigenvalue weighted by atomic mass is 35.5. The Morgan fingerprint density at radius 2 is 1.41 bits per heavy atom. The van der Waals surface area contributed by atoms with Crippen molar-refractivity contribution in [3.05, 3.63) is 64.1 Å². The Kier molecular flexibility index (Phi) is 3.90. The zero-order chi connectivity index (χ0) is 15.9. The van der Waals surface area contributed by atoms with Gasteiger partial charge in [-0.25, -0.2) is 8.42 Å². The molecule has 0 saturated heterocycles. The molecule has 0 unspecified atom stereocenters. The van der Waals surface area contributed by atoms with Crippen LogP contribution in [0.15, 0.2) is 53.4 Å². The van der Waals surface area contributed by atoms with Gasteiger partial charge in [0.05, 0.1) is 22.1 Å². The maximum atomic E-state index is 12.7. The van der Waals surface area contributed by atoms with E-state index >= 15 is 0 Å². The number of benzene rings is 2. The molecule has 3 rings (SSSR count). The van der Waals surface area contributed by atoms with Gasteiger partial charge in [0.2, 0.25) is 0 Å². The molecule has 0 aromatic heterocycles. The van der Waals surface area contributed by atoms with Crippen LogP contribution in [0.2, 0.25) is 10.0 Å². The zero-order valence-electron chi connectivity index (χ0n) is 11.3. The van der Waals surface area contributed by atoms with Crippen LogP contribution in [0.4, 0.5) is 0 Å². The van der Waals surface area contributed by atoms with Crippen LogP contribution in [0.1, 0.15) is 11.5 Å². The van der Waals surface area contributed by atoms with Crippen molar-refractivity contribution < 1.29 is 8.42 Å². The Balaban J connectivity index is 1.95. The van der Waals surface area contributed by atoms with Crippen LogP contribution < -0.4 is 0 Å². The molecule has 1 fully saturated rings. The largest absolute Gasteiger partial charge is 0.223 e. The molecule has 3 nitrogen and oxygen atoms in total. The van der Waals surface area contributed by atoms with Gasteiger partial charge in [0.1, 0.15) is 0 Å². The van der Waals surface area contributed by atoms with Crippen molar-refractivity contribution in [3.63, 3.8) is 0 Å². The normalized spacial score (nSPS) is 23.8. The van der Waals surface area contributed by atoms with Gasteiger partial charge in [0.15, 0.2) is 9.84 Å². The molecule has 1 aliphatic carbocycles. The molecule has 2 aromatic rings. The smallest absolute Gasteiger partial charge is 0.183 e. The van der Waals surface area contributed by atoms with Crippen LogP contribution >= 0.6 is 23.2 Å². The van der Waals surface area contributed by atoms with Crippen molar-refractivity contribution in [1.82, 2.24) is 0 Å². The lowest BCUT2D eigenvalue weighted by atomic mass is 10.1. The number of nitrogens with zero attached hydrogens (tertiary/aromatic N) is 1. The average Bonchev–Trinajstić information content (AvgIpc) is 3.24. The topological polar surface area (TPSA) is 57.9 Å². The molecule has 3 atom stereocenters.